The predicted molar refractivity (Wildman–Crippen MR) is 225 cm³/mol. The van der Waals surface area contributed by atoms with Gasteiger partial charge in [-0.2, -0.15) is 0 Å². The van der Waals surface area contributed by atoms with Gasteiger partial charge in [-0.15, -0.1) is 22.9 Å². The quantitative estimate of drug-likeness (QED) is 0.163. The van der Waals surface area contributed by atoms with Crippen LogP contribution in [0.15, 0.2) is 176 Å². The summed E-state index contributed by atoms with van der Waals surface area (Å²) in [5.41, 5.74) is 20.5. The molecule has 0 aromatic heterocycles. The second-order valence-electron chi connectivity index (χ2n) is 13.9. The molecular weight excluding hydrogens is 799 g/mol. The van der Waals surface area contributed by atoms with Gasteiger partial charge in [-0.3, -0.25) is 0 Å². The Morgan fingerprint density at radius 3 is 1.46 bits per heavy atom. The first-order valence-corrected chi connectivity index (χ1v) is 19.0. The Morgan fingerprint density at radius 2 is 1.00 bits per heavy atom. The van der Waals surface area contributed by atoms with Gasteiger partial charge in [-0.1, -0.05) is 217 Å². The van der Waals surface area contributed by atoms with Gasteiger partial charge in [0.25, 0.3) is 0 Å². The summed E-state index contributed by atoms with van der Waals surface area (Å²) in [7, 11) is 0. The average Bonchev–Trinajstić information content (AvgIpc) is 3.90. The molecule has 0 saturated carbocycles. The summed E-state index contributed by atoms with van der Waals surface area (Å²) in [5, 5.41) is 2.48. The van der Waals surface area contributed by atoms with Crippen LogP contribution in [0.2, 0.25) is 0 Å². The second kappa shape index (κ2) is 18.0. The third-order valence-corrected chi connectivity index (χ3v) is 10.9. The van der Waals surface area contributed by atoms with Crippen molar-refractivity contribution in [3.8, 4) is 44.5 Å². The fourth-order valence-electron chi connectivity index (χ4n) is 8.69. The van der Waals surface area contributed by atoms with E-state index in [1.54, 1.807) is 0 Å². The second-order valence-corrected chi connectivity index (χ2v) is 13.9. The molecule has 2 aliphatic carbocycles. The molecule has 0 amide bonds. The molecule has 56 heavy (non-hydrogen) atoms. The van der Waals surface area contributed by atoms with Crippen LogP contribution in [0.1, 0.15) is 53.6 Å². The summed E-state index contributed by atoms with van der Waals surface area (Å²) in [4.78, 5) is 0. The summed E-state index contributed by atoms with van der Waals surface area (Å²) in [6.07, 6.45) is 13.7. The number of rotatable bonds is 8. The Bertz CT molecular complexity index is 2620. The Labute approximate surface area is 363 Å². The van der Waals surface area contributed by atoms with E-state index in [2.05, 4.69) is 196 Å². The molecule has 9 rings (SSSR count). The Kier molecular flexibility index (Phi) is 13.1. The third kappa shape index (κ3) is 7.18. The van der Waals surface area contributed by atoms with Crippen LogP contribution >= 0.6 is 0 Å². The minimum Gasteiger partial charge on any atom is -1.00 e. The number of fused-ring (bicyclic) bond motifs is 3. The van der Waals surface area contributed by atoms with Gasteiger partial charge >= 0.3 is 26.2 Å². The van der Waals surface area contributed by atoms with E-state index in [0.29, 0.717) is 0 Å². The molecule has 0 bridgehead atoms. The van der Waals surface area contributed by atoms with Crippen molar-refractivity contribution in [1.29, 1.82) is 0 Å². The fourth-order valence-corrected chi connectivity index (χ4v) is 8.69. The molecule has 0 saturated heterocycles. The first kappa shape index (κ1) is 40.9. The molecule has 0 spiro atoms. The smallest absolute Gasteiger partial charge is 1.00 e. The normalized spacial score (nSPS) is 11.9. The van der Waals surface area contributed by atoms with E-state index in [1.807, 2.05) is 0 Å². The van der Waals surface area contributed by atoms with Crippen molar-refractivity contribution in [2.45, 2.75) is 33.1 Å². The van der Waals surface area contributed by atoms with E-state index in [4.69, 9.17) is 0 Å². The largest absolute Gasteiger partial charge is 3.00 e. The van der Waals surface area contributed by atoms with Crippen LogP contribution in [-0.2, 0) is 39.0 Å². The van der Waals surface area contributed by atoms with E-state index >= 15 is 0 Å². The number of halogens is 2. The van der Waals surface area contributed by atoms with Crippen molar-refractivity contribution >= 4 is 17.2 Å². The summed E-state index contributed by atoms with van der Waals surface area (Å²) in [6, 6.07) is 57.7. The molecule has 1 radical (unpaired) electrons. The van der Waals surface area contributed by atoms with Crippen LogP contribution in [0.3, 0.4) is 0 Å². The number of aryl methyl sites for hydroxylation is 1. The van der Waals surface area contributed by atoms with Crippen molar-refractivity contribution in [1.82, 2.24) is 0 Å². The Hall–Kier alpha value is -4.78. The Morgan fingerprint density at radius 1 is 0.518 bits per heavy atom. The molecule has 0 unspecified atom stereocenters. The third-order valence-electron chi connectivity index (χ3n) is 10.9. The molecule has 0 nitrogen and oxygen atoms in total. The first-order valence-electron chi connectivity index (χ1n) is 19.0. The predicted octanol–water partition coefficient (Wildman–Crippen LogP) is 6.09. The van der Waals surface area contributed by atoms with Crippen molar-refractivity contribution in [3.63, 3.8) is 0 Å². The van der Waals surface area contributed by atoms with Gasteiger partial charge in [-0.25, -0.2) is 0 Å². The molecule has 2 aliphatic rings. The van der Waals surface area contributed by atoms with Crippen molar-refractivity contribution in [2.24, 2.45) is 0 Å². The zero-order valence-corrected chi connectivity index (χ0v) is 35.6. The summed E-state index contributed by atoms with van der Waals surface area (Å²) in [6.45, 7) is 4.62. The summed E-state index contributed by atoms with van der Waals surface area (Å²) < 4.78 is 0. The van der Waals surface area contributed by atoms with E-state index < -0.39 is 0 Å². The first-order chi connectivity index (χ1) is 26.3. The molecule has 0 heterocycles. The molecule has 271 valence electrons. The van der Waals surface area contributed by atoms with Crippen molar-refractivity contribution in [3.05, 3.63) is 220 Å². The standard InChI is InChI=1S/C53H41.2ClH.Zr/c1-3-36-34-43-35-45-47(39-32-20-21-33-39)44(4-2)48(40-26-14-7-15-27-40)50(41-28-16-8-17-29-41)53(45)52(43)51(42-30-18-9-19-31-42)49(36)46(37-22-10-5-11-23-37)38-24-12-6-13-25-38;;;/h5-32,34H,3-4,33H2,1-2H3;2*1H;/q-1;;;+3/p-2. The minimum absolute atomic E-state index is 0. The van der Waals surface area contributed by atoms with E-state index in [0.717, 1.165) is 19.3 Å². The molecule has 0 N–H and O–H groups in total. The maximum Gasteiger partial charge on any atom is 3.00 e. The number of benzene rings is 7. The summed E-state index contributed by atoms with van der Waals surface area (Å²) >= 11 is 0. The average molecular weight is 840 g/mol. The SMILES string of the molecule is CCc1c(C2=CC=CC2)c2c(c(-c3ccccc3)c1-c1ccccc1)-c1c(-c3ccccc3)c(=C(c3ccccc3)c3ccccc3)c(CC)cc1=[C-]2.[Cl-].[Cl-].[Zr+3]. The molecule has 0 atom stereocenters. The van der Waals surface area contributed by atoms with Crippen LogP contribution in [0.25, 0.3) is 61.7 Å². The van der Waals surface area contributed by atoms with Crippen LogP contribution < -0.4 is 35.3 Å². The van der Waals surface area contributed by atoms with Gasteiger partial charge in [-0.05, 0) is 74.6 Å². The molecule has 7 aromatic carbocycles. The Balaban J connectivity index is 0.00000177. The van der Waals surface area contributed by atoms with Crippen LogP contribution in [0, 0.1) is 0 Å². The topological polar surface area (TPSA) is 0 Å². The molecule has 3 heteroatoms. The van der Waals surface area contributed by atoms with Gasteiger partial charge in [0.1, 0.15) is 0 Å². The molecule has 0 aliphatic heterocycles. The van der Waals surface area contributed by atoms with Gasteiger partial charge in [0, 0.05) is 0 Å². The van der Waals surface area contributed by atoms with E-state index in [-0.39, 0.29) is 51.0 Å². The van der Waals surface area contributed by atoms with E-state index in [9.17, 15) is 0 Å². The fraction of sp³-hybridized carbons (Fsp3) is 0.0943. The zero-order valence-electron chi connectivity index (χ0n) is 31.6. The van der Waals surface area contributed by atoms with Crippen LogP contribution in [-0.4, -0.2) is 0 Å². The van der Waals surface area contributed by atoms with Crippen molar-refractivity contribution in [2.75, 3.05) is 0 Å². The van der Waals surface area contributed by atoms with Crippen molar-refractivity contribution < 1.29 is 51.0 Å². The van der Waals surface area contributed by atoms with Gasteiger partial charge in [0.15, 0.2) is 0 Å². The monoisotopic (exact) mass is 837 g/mol. The van der Waals surface area contributed by atoms with Crippen LogP contribution in [0.5, 0.6) is 0 Å². The maximum atomic E-state index is 4.14. The minimum atomic E-state index is 0. The molecule has 7 aromatic rings. The van der Waals surface area contributed by atoms with Gasteiger partial charge in [0.05, 0.1) is 0 Å². The van der Waals surface area contributed by atoms with Gasteiger partial charge in [0.2, 0.25) is 0 Å². The summed E-state index contributed by atoms with van der Waals surface area (Å²) in [5.74, 6) is 0. The number of allylic oxidation sites excluding steroid dienone is 4. The maximum absolute atomic E-state index is 4.14. The van der Waals surface area contributed by atoms with E-state index in [1.165, 1.54) is 99.5 Å². The molecule has 0 fully saturated rings. The zero-order chi connectivity index (χ0) is 35.7. The number of hydrogen-bond acceptors (Lipinski definition) is 0. The number of hydrogen-bond donors (Lipinski definition) is 0. The van der Waals surface area contributed by atoms with Gasteiger partial charge < -0.3 is 24.8 Å². The molecular formula is C53H41Cl2Zr. The van der Waals surface area contributed by atoms with Crippen LogP contribution in [0.4, 0.5) is 0 Å².